The fourth-order valence-corrected chi connectivity index (χ4v) is 2.55. The summed E-state index contributed by atoms with van der Waals surface area (Å²) in [4.78, 5) is 11.6. The third-order valence-electron chi connectivity index (χ3n) is 2.59. The lowest BCUT2D eigenvalue weighted by Crippen LogP contribution is -2.07. The summed E-state index contributed by atoms with van der Waals surface area (Å²) in [6, 6.07) is 4.14. The van der Waals surface area contributed by atoms with E-state index in [0.717, 1.165) is 24.6 Å². The van der Waals surface area contributed by atoms with E-state index in [-0.39, 0.29) is 0 Å². The molecule has 0 spiro atoms. The molecule has 0 aromatic carbocycles. The predicted octanol–water partition coefficient (Wildman–Crippen LogP) is 2.67. The number of aromatic nitrogens is 3. The molecule has 2 N–H and O–H groups in total. The SMILES string of the molecule is c1c[nH]c(CCNc2nccc3sccc23)n1. The summed E-state index contributed by atoms with van der Waals surface area (Å²) in [7, 11) is 0. The van der Waals surface area contributed by atoms with E-state index in [9.17, 15) is 0 Å². The van der Waals surface area contributed by atoms with Gasteiger partial charge in [0.05, 0.1) is 0 Å². The standard InChI is InChI=1S/C12H12N4S/c1-4-15-12(9-3-8-17-10(1)9)16-5-2-11-13-6-7-14-11/h1,3-4,6-8H,2,5H2,(H,13,14)(H,15,16). The van der Waals surface area contributed by atoms with Gasteiger partial charge in [0.2, 0.25) is 0 Å². The summed E-state index contributed by atoms with van der Waals surface area (Å²) in [5, 5.41) is 6.63. The minimum atomic E-state index is 0.829. The summed E-state index contributed by atoms with van der Waals surface area (Å²) >= 11 is 1.73. The number of hydrogen-bond donors (Lipinski definition) is 2. The number of rotatable bonds is 4. The summed E-state index contributed by atoms with van der Waals surface area (Å²) in [5.74, 6) is 1.95. The molecule has 0 amide bonds. The van der Waals surface area contributed by atoms with Crippen molar-refractivity contribution in [1.29, 1.82) is 0 Å². The first-order valence-electron chi connectivity index (χ1n) is 5.48. The first-order valence-corrected chi connectivity index (χ1v) is 6.36. The van der Waals surface area contributed by atoms with Crippen molar-refractivity contribution < 1.29 is 0 Å². The first-order chi connectivity index (χ1) is 8.43. The Labute approximate surface area is 103 Å². The molecular formula is C12H12N4S. The number of H-pyrrole nitrogens is 1. The van der Waals surface area contributed by atoms with Crippen LogP contribution in [-0.2, 0) is 6.42 Å². The van der Waals surface area contributed by atoms with E-state index in [4.69, 9.17) is 0 Å². The van der Waals surface area contributed by atoms with E-state index in [1.807, 2.05) is 18.5 Å². The second-order valence-electron chi connectivity index (χ2n) is 3.70. The Kier molecular flexibility index (Phi) is 2.75. The monoisotopic (exact) mass is 244 g/mol. The van der Waals surface area contributed by atoms with Gasteiger partial charge in [-0.2, -0.15) is 0 Å². The zero-order valence-electron chi connectivity index (χ0n) is 9.18. The van der Waals surface area contributed by atoms with Crippen LogP contribution in [0.25, 0.3) is 10.1 Å². The highest BCUT2D eigenvalue weighted by molar-refractivity contribution is 7.17. The minimum absolute atomic E-state index is 0.829. The molecular weight excluding hydrogens is 232 g/mol. The van der Waals surface area contributed by atoms with Gasteiger partial charge in [-0.1, -0.05) is 0 Å². The van der Waals surface area contributed by atoms with Crippen molar-refractivity contribution in [3.8, 4) is 0 Å². The maximum atomic E-state index is 4.36. The molecule has 3 aromatic rings. The number of nitrogens with one attached hydrogen (secondary N) is 2. The molecule has 0 atom stereocenters. The zero-order chi connectivity index (χ0) is 11.5. The normalized spacial score (nSPS) is 10.8. The third kappa shape index (κ3) is 2.14. The lowest BCUT2D eigenvalue weighted by molar-refractivity contribution is 0.923. The van der Waals surface area contributed by atoms with Crippen LogP contribution in [0.2, 0.25) is 0 Å². The molecule has 0 saturated heterocycles. The predicted molar refractivity (Wildman–Crippen MR) is 70.4 cm³/mol. The number of fused-ring (bicyclic) bond motifs is 1. The van der Waals surface area contributed by atoms with Gasteiger partial charge in [0.25, 0.3) is 0 Å². The number of hydrogen-bond acceptors (Lipinski definition) is 4. The van der Waals surface area contributed by atoms with Crippen molar-refractivity contribution in [3.05, 3.63) is 41.9 Å². The summed E-state index contributed by atoms with van der Waals surface area (Å²) in [6.07, 6.45) is 6.32. The quantitative estimate of drug-likeness (QED) is 0.742. The van der Waals surface area contributed by atoms with E-state index >= 15 is 0 Å². The van der Waals surface area contributed by atoms with Crippen molar-refractivity contribution in [2.45, 2.75) is 6.42 Å². The molecule has 0 aliphatic heterocycles. The zero-order valence-corrected chi connectivity index (χ0v) is 10.00. The second kappa shape index (κ2) is 4.55. The molecule has 86 valence electrons. The molecule has 17 heavy (non-hydrogen) atoms. The van der Waals surface area contributed by atoms with Gasteiger partial charge in [0, 0.05) is 41.6 Å². The van der Waals surface area contributed by atoms with Gasteiger partial charge in [-0.25, -0.2) is 9.97 Å². The van der Waals surface area contributed by atoms with Crippen molar-refractivity contribution in [2.75, 3.05) is 11.9 Å². The van der Waals surface area contributed by atoms with Crippen LogP contribution in [0.5, 0.6) is 0 Å². The highest BCUT2D eigenvalue weighted by Gasteiger charge is 2.02. The van der Waals surface area contributed by atoms with Crippen LogP contribution < -0.4 is 5.32 Å². The van der Waals surface area contributed by atoms with Gasteiger partial charge in [-0.3, -0.25) is 0 Å². The number of imidazole rings is 1. The van der Waals surface area contributed by atoms with Crippen LogP contribution >= 0.6 is 11.3 Å². The lowest BCUT2D eigenvalue weighted by atomic mass is 10.3. The molecule has 0 aliphatic carbocycles. The van der Waals surface area contributed by atoms with Crippen molar-refractivity contribution in [1.82, 2.24) is 15.0 Å². The third-order valence-corrected chi connectivity index (χ3v) is 3.47. The van der Waals surface area contributed by atoms with E-state index in [0.29, 0.717) is 0 Å². The minimum Gasteiger partial charge on any atom is -0.369 e. The maximum Gasteiger partial charge on any atom is 0.134 e. The number of anilines is 1. The molecule has 0 bridgehead atoms. The Bertz CT molecular complexity index is 600. The second-order valence-corrected chi connectivity index (χ2v) is 4.65. The van der Waals surface area contributed by atoms with E-state index in [1.165, 1.54) is 10.1 Å². The average molecular weight is 244 g/mol. The molecule has 0 saturated carbocycles. The van der Waals surface area contributed by atoms with Gasteiger partial charge in [0.1, 0.15) is 11.6 Å². The molecule has 0 fully saturated rings. The van der Waals surface area contributed by atoms with Crippen molar-refractivity contribution in [2.24, 2.45) is 0 Å². The topological polar surface area (TPSA) is 53.6 Å². The first kappa shape index (κ1) is 10.3. The summed E-state index contributed by atoms with van der Waals surface area (Å²) in [6.45, 7) is 0.829. The molecule has 0 radical (unpaired) electrons. The molecule has 4 nitrogen and oxygen atoms in total. The fraction of sp³-hybridized carbons (Fsp3) is 0.167. The summed E-state index contributed by atoms with van der Waals surface area (Å²) in [5.41, 5.74) is 0. The van der Waals surface area contributed by atoms with E-state index < -0.39 is 0 Å². The molecule has 0 unspecified atom stereocenters. The van der Waals surface area contributed by atoms with Crippen LogP contribution in [0, 0.1) is 0 Å². The largest absolute Gasteiger partial charge is 0.369 e. The Morgan fingerprint density at radius 2 is 2.24 bits per heavy atom. The highest BCUT2D eigenvalue weighted by Crippen LogP contribution is 2.25. The Hall–Kier alpha value is -1.88. The van der Waals surface area contributed by atoms with Crippen LogP contribution in [-0.4, -0.2) is 21.5 Å². The fourth-order valence-electron chi connectivity index (χ4n) is 1.77. The van der Waals surface area contributed by atoms with Crippen LogP contribution in [0.3, 0.4) is 0 Å². The molecule has 3 rings (SSSR count). The number of nitrogens with zero attached hydrogens (tertiary/aromatic N) is 2. The molecule has 3 aromatic heterocycles. The van der Waals surface area contributed by atoms with Gasteiger partial charge in [-0.05, 0) is 17.5 Å². The number of thiophene rings is 1. The average Bonchev–Trinajstić information content (AvgIpc) is 2.99. The van der Waals surface area contributed by atoms with Gasteiger partial charge in [-0.15, -0.1) is 11.3 Å². The molecule has 5 heteroatoms. The summed E-state index contributed by atoms with van der Waals surface area (Å²) < 4.78 is 1.26. The smallest absolute Gasteiger partial charge is 0.134 e. The van der Waals surface area contributed by atoms with E-state index in [1.54, 1.807) is 17.5 Å². The lowest BCUT2D eigenvalue weighted by Gasteiger charge is -2.05. The van der Waals surface area contributed by atoms with Crippen molar-refractivity contribution in [3.63, 3.8) is 0 Å². The maximum absolute atomic E-state index is 4.36. The van der Waals surface area contributed by atoms with Crippen LogP contribution in [0.15, 0.2) is 36.1 Å². The van der Waals surface area contributed by atoms with Gasteiger partial charge >= 0.3 is 0 Å². The molecule has 0 aliphatic rings. The van der Waals surface area contributed by atoms with Crippen LogP contribution in [0.4, 0.5) is 5.82 Å². The Balaban J connectivity index is 1.70. The number of pyridine rings is 1. The Morgan fingerprint density at radius 3 is 3.12 bits per heavy atom. The van der Waals surface area contributed by atoms with Crippen molar-refractivity contribution >= 4 is 27.2 Å². The van der Waals surface area contributed by atoms with Crippen LogP contribution in [0.1, 0.15) is 5.82 Å². The highest BCUT2D eigenvalue weighted by atomic mass is 32.1. The number of aromatic amines is 1. The molecule has 3 heterocycles. The van der Waals surface area contributed by atoms with E-state index in [2.05, 4.69) is 31.7 Å². The Morgan fingerprint density at radius 1 is 1.24 bits per heavy atom. The van der Waals surface area contributed by atoms with Gasteiger partial charge < -0.3 is 10.3 Å². The van der Waals surface area contributed by atoms with Gasteiger partial charge in [0.15, 0.2) is 0 Å².